The van der Waals surface area contributed by atoms with Gasteiger partial charge in [-0.05, 0) is 29.7 Å². The fraction of sp³-hybridized carbons (Fsp3) is 0.261. The van der Waals surface area contributed by atoms with Gasteiger partial charge < -0.3 is 15.2 Å². The van der Waals surface area contributed by atoms with Crippen molar-refractivity contribution in [1.82, 2.24) is 15.1 Å². The predicted molar refractivity (Wildman–Crippen MR) is 113 cm³/mol. The molecule has 186 valence electrons. The molecule has 1 aliphatic heterocycles. The number of rotatable bonds is 5. The maximum atomic E-state index is 13.8. The summed E-state index contributed by atoms with van der Waals surface area (Å²) in [5.74, 6) is -4.99. The van der Waals surface area contributed by atoms with Crippen LogP contribution in [0, 0.1) is 11.6 Å². The van der Waals surface area contributed by atoms with Crippen LogP contribution in [-0.2, 0) is 22.5 Å². The highest BCUT2D eigenvalue weighted by atomic mass is 19.4. The molecule has 1 aliphatic rings. The van der Waals surface area contributed by atoms with Gasteiger partial charge in [0.2, 0.25) is 0 Å². The molecule has 0 bridgehead atoms. The predicted octanol–water partition coefficient (Wildman–Crippen LogP) is 3.89. The Morgan fingerprint density at radius 3 is 2.46 bits per heavy atom. The third-order valence-electron chi connectivity index (χ3n) is 4.92. The van der Waals surface area contributed by atoms with Crippen LogP contribution in [0.3, 0.4) is 0 Å². The summed E-state index contributed by atoms with van der Waals surface area (Å²) in [6, 6.07) is 12.9. The zero-order chi connectivity index (χ0) is 25.6. The zero-order valence-corrected chi connectivity index (χ0v) is 18.1. The van der Waals surface area contributed by atoms with E-state index in [1.54, 1.807) is 0 Å². The highest BCUT2D eigenvalue weighted by Gasteiger charge is 2.38. The number of carbonyl (C=O) groups is 2. The molecule has 0 fully saturated rings. The summed E-state index contributed by atoms with van der Waals surface area (Å²) >= 11 is 0. The van der Waals surface area contributed by atoms with E-state index >= 15 is 0 Å². The van der Waals surface area contributed by atoms with E-state index in [1.807, 2.05) is 41.2 Å². The Labute approximate surface area is 196 Å². The second-order valence-electron chi connectivity index (χ2n) is 7.47. The molecule has 1 atom stereocenters. The Bertz CT molecular complexity index is 1180. The van der Waals surface area contributed by atoms with Crippen LogP contribution in [0.4, 0.5) is 22.0 Å². The van der Waals surface area contributed by atoms with Gasteiger partial charge in [-0.3, -0.25) is 9.48 Å². The van der Waals surface area contributed by atoms with Crippen LogP contribution in [0.25, 0.3) is 0 Å². The Balaban J connectivity index is 0.000000429. The fourth-order valence-electron chi connectivity index (χ4n) is 3.29. The monoisotopic (exact) mass is 497 g/mol. The molecule has 12 heteroatoms. The van der Waals surface area contributed by atoms with Crippen molar-refractivity contribution in [1.29, 1.82) is 0 Å². The maximum absolute atomic E-state index is 13.8. The standard InChI is InChI=1S/C21H19F2N3O2.C2HF3O2/c22-16-6-7-17(18(23)10-16)21(27)24-11-19-20-15(8-9-28-19)13-26(25-20)12-14-4-2-1-3-5-14;3-2(4,5)1(6)7/h1-7,10,13,19H,8-9,11-12H2,(H,24,27);(H,6,7). The first-order chi connectivity index (χ1) is 16.5. The molecule has 0 radical (unpaired) electrons. The topological polar surface area (TPSA) is 93.5 Å². The number of nitrogens with one attached hydrogen (secondary N) is 1. The molecule has 35 heavy (non-hydrogen) atoms. The van der Waals surface area contributed by atoms with E-state index in [2.05, 4.69) is 10.4 Å². The number of hydrogen-bond donors (Lipinski definition) is 2. The Morgan fingerprint density at radius 1 is 1.14 bits per heavy atom. The van der Waals surface area contributed by atoms with Crippen LogP contribution < -0.4 is 5.32 Å². The van der Waals surface area contributed by atoms with Crippen molar-refractivity contribution in [3.8, 4) is 0 Å². The van der Waals surface area contributed by atoms with E-state index in [0.717, 1.165) is 35.4 Å². The molecular weight excluding hydrogens is 477 g/mol. The third kappa shape index (κ3) is 7.09. The summed E-state index contributed by atoms with van der Waals surface area (Å²) < 4.78 is 66.1. The number of aliphatic carboxylic acids is 1. The molecule has 2 N–H and O–H groups in total. The molecule has 1 amide bonds. The molecule has 1 unspecified atom stereocenters. The van der Waals surface area contributed by atoms with Gasteiger partial charge in [0.25, 0.3) is 5.91 Å². The number of amides is 1. The summed E-state index contributed by atoms with van der Waals surface area (Å²) in [6.07, 6.45) is -2.74. The lowest BCUT2D eigenvalue weighted by atomic mass is 10.1. The van der Waals surface area contributed by atoms with Gasteiger partial charge in [0.1, 0.15) is 17.7 Å². The van der Waals surface area contributed by atoms with Crippen LogP contribution in [0.1, 0.15) is 33.3 Å². The molecule has 1 aromatic heterocycles. The average molecular weight is 497 g/mol. The van der Waals surface area contributed by atoms with Crippen molar-refractivity contribution in [2.75, 3.05) is 13.2 Å². The summed E-state index contributed by atoms with van der Waals surface area (Å²) in [7, 11) is 0. The molecule has 0 saturated heterocycles. The molecule has 0 aliphatic carbocycles. The third-order valence-corrected chi connectivity index (χ3v) is 4.92. The summed E-state index contributed by atoms with van der Waals surface area (Å²) in [4.78, 5) is 21.1. The normalized spacial score (nSPS) is 14.9. The Morgan fingerprint density at radius 2 is 1.83 bits per heavy atom. The van der Waals surface area contributed by atoms with Gasteiger partial charge in [0, 0.05) is 18.8 Å². The zero-order valence-electron chi connectivity index (χ0n) is 18.1. The van der Waals surface area contributed by atoms with E-state index < -0.39 is 35.8 Å². The first kappa shape index (κ1) is 25.8. The van der Waals surface area contributed by atoms with Gasteiger partial charge in [-0.1, -0.05) is 30.3 Å². The summed E-state index contributed by atoms with van der Waals surface area (Å²) in [6.45, 7) is 1.33. The van der Waals surface area contributed by atoms with Crippen molar-refractivity contribution in [3.05, 3.63) is 88.7 Å². The minimum atomic E-state index is -5.08. The van der Waals surface area contributed by atoms with E-state index in [4.69, 9.17) is 14.6 Å². The van der Waals surface area contributed by atoms with E-state index in [1.165, 1.54) is 0 Å². The van der Waals surface area contributed by atoms with Crippen LogP contribution in [0.5, 0.6) is 0 Å². The minimum absolute atomic E-state index is 0.158. The van der Waals surface area contributed by atoms with Gasteiger partial charge in [0.15, 0.2) is 0 Å². The maximum Gasteiger partial charge on any atom is 0.490 e. The highest BCUT2D eigenvalue weighted by Crippen LogP contribution is 2.25. The first-order valence-electron chi connectivity index (χ1n) is 10.3. The number of carboxylic acid groups (broad SMARTS) is 1. The molecule has 0 spiro atoms. The number of benzene rings is 2. The molecule has 2 aromatic carbocycles. The number of carbonyl (C=O) groups excluding carboxylic acids is 1. The van der Waals surface area contributed by atoms with Crippen LogP contribution in [-0.4, -0.2) is 46.1 Å². The number of hydrogen-bond acceptors (Lipinski definition) is 4. The fourth-order valence-corrected chi connectivity index (χ4v) is 3.29. The van der Waals surface area contributed by atoms with Gasteiger partial charge in [-0.25, -0.2) is 13.6 Å². The number of ether oxygens (including phenoxy) is 1. The average Bonchev–Trinajstić information content (AvgIpc) is 3.21. The number of halogens is 5. The van der Waals surface area contributed by atoms with E-state index in [-0.39, 0.29) is 12.1 Å². The summed E-state index contributed by atoms with van der Waals surface area (Å²) in [5.41, 5.74) is 2.79. The second-order valence-corrected chi connectivity index (χ2v) is 7.47. The van der Waals surface area contributed by atoms with Gasteiger partial charge >= 0.3 is 12.1 Å². The number of carboxylic acids is 1. The Kier molecular flexibility index (Phi) is 8.18. The van der Waals surface area contributed by atoms with Crippen molar-refractivity contribution >= 4 is 11.9 Å². The Hall–Kier alpha value is -3.80. The summed E-state index contributed by atoms with van der Waals surface area (Å²) in [5, 5.41) is 14.4. The van der Waals surface area contributed by atoms with E-state index in [9.17, 15) is 26.7 Å². The van der Waals surface area contributed by atoms with Crippen molar-refractivity contribution in [2.24, 2.45) is 0 Å². The molecule has 2 heterocycles. The van der Waals surface area contributed by atoms with E-state index in [0.29, 0.717) is 19.2 Å². The number of nitrogens with zero attached hydrogens (tertiary/aromatic N) is 2. The molecular formula is C23H20F5N3O4. The lowest BCUT2D eigenvalue weighted by Crippen LogP contribution is -2.32. The molecule has 3 aromatic rings. The minimum Gasteiger partial charge on any atom is -0.475 e. The largest absolute Gasteiger partial charge is 0.490 e. The van der Waals surface area contributed by atoms with Crippen molar-refractivity contribution in [2.45, 2.75) is 25.2 Å². The van der Waals surface area contributed by atoms with Gasteiger partial charge in [-0.15, -0.1) is 0 Å². The second kappa shape index (κ2) is 11.1. The van der Waals surface area contributed by atoms with Gasteiger partial charge in [0.05, 0.1) is 24.4 Å². The lowest BCUT2D eigenvalue weighted by Gasteiger charge is -2.22. The van der Waals surface area contributed by atoms with Crippen LogP contribution >= 0.6 is 0 Å². The number of fused-ring (bicyclic) bond motifs is 1. The smallest absolute Gasteiger partial charge is 0.475 e. The van der Waals surface area contributed by atoms with Crippen molar-refractivity contribution < 1.29 is 41.4 Å². The number of aromatic nitrogens is 2. The molecule has 0 saturated carbocycles. The lowest BCUT2D eigenvalue weighted by molar-refractivity contribution is -0.192. The van der Waals surface area contributed by atoms with Crippen LogP contribution in [0.15, 0.2) is 54.7 Å². The van der Waals surface area contributed by atoms with Crippen LogP contribution in [0.2, 0.25) is 0 Å². The SMILES string of the molecule is O=C(NCC1OCCc2cn(Cc3ccccc3)nc21)c1ccc(F)cc1F.O=C(O)C(F)(F)F. The van der Waals surface area contributed by atoms with Gasteiger partial charge in [-0.2, -0.15) is 18.3 Å². The first-order valence-corrected chi connectivity index (χ1v) is 10.3. The van der Waals surface area contributed by atoms with Crippen molar-refractivity contribution in [3.63, 3.8) is 0 Å². The highest BCUT2D eigenvalue weighted by molar-refractivity contribution is 5.94. The molecule has 4 rings (SSSR count). The number of alkyl halides is 3. The quantitative estimate of drug-likeness (QED) is 0.522. The molecule has 7 nitrogen and oxygen atoms in total.